The Kier molecular flexibility index (Phi) is 5.40. The van der Waals surface area contributed by atoms with E-state index in [-0.39, 0.29) is 24.7 Å². The smallest absolute Gasteiger partial charge is 0.387 e. The fourth-order valence-corrected chi connectivity index (χ4v) is 4.40. The molecule has 4 nitrogen and oxygen atoms in total. The number of amides is 1. The first-order chi connectivity index (χ1) is 13.3. The van der Waals surface area contributed by atoms with Gasteiger partial charge >= 0.3 is 6.18 Å². The summed E-state index contributed by atoms with van der Waals surface area (Å²) < 4.78 is 38.4. The molecular weight excluding hydrogens is 369 g/mol. The minimum absolute atomic E-state index is 0.0959. The van der Waals surface area contributed by atoms with Gasteiger partial charge < -0.3 is 14.9 Å². The third-order valence-electron chi connectivity index (χ3n) is 6.28. The normalized spacial score (nSPS) is 22.8. The molecule has 0 spiro atoms. The second kappa shape index (κ2) is 7.67. The van der Waals surface area contributed by atoms with Gasteiger partial charge in [0.1, 0.15) is 0 Å². The maximum absolute atomic E-state index is 12.8. The molecule has 7 heteroatoms. The molecule has 154 valence electrons. The van der Waals surface area contributed by atoms with E-state index >= 15 is 0 Å². The lowest BCUT2D eigenvalue weighted by molar-refractivity contribution is -0.185. The van der Waals surface area contributed by atoms with E-state index in [9.17, 15) is 23.1 Å². The van der Waals surface area contributed by atoms with Gasteiger partial charge in [-0.25, -0.2) is 0 Å². The summed E-state index contributed by atoms with van der Waals surface area (Å²) in [6.07, 6.45) is -0.914. The quantitative estimate of drug-likeness (QED) is 0.844. The third kappa shape index (κ3) is 4.20. The Morgan fingerprint density at radius 3 is 2.50 bits per heavy atom. The minimum Gasteiger partial charge on any atom is -0.387 e. The molecule has 28 heavy (non-hydrogen) atoms. The molecule has 0 bridgehead atoms. The van der Waals surface area contributed by atoms with E-state index in [2.05, 4.69) is 0 Å². The van der Waals surface area contributed by atoms with Crippen LogP contribution in [0.4, 0.5) is 18.9 Å². The van der Waals surface area contributed by atoms with Crippen LogP contribution in [0.3, 0.4) is 0 Å². The van der Waals surface area contributed by atoms with Crippen molar-refractivity contribution in [1.82, 2.24) is 4.90 Å². The van der Waals surface area contributed by atoms with Crippen LogP contribution in [0.15, 0.2) is 18.2 Å². The average molecular weight is 396 g/mol. The van der Waals surface area contributed by atoms with Crippen molar-refractivity contribution in [2.75, 3.05) is 31.1 Å². The van der Waals surface area contributed by atoms with Crippen molar-refractivity contribution in [3.63, 3.8) is 0 Å². The Bertz CT molecular complexity index is 725. The molecule has 2 fully saturated rings. The number of fused-ring (bicyclic) bond motifs is 1. The van der Waals surface area contributed by atoms with Crippen molar-refractivity contribution in [1.29, 1.82) is 0 Å². The molecule has 3 aliphatic rings. The highest BCUT2D eigenvalue weighted by Gasteiger charge is 2.41. The molecule has 1 aromatic rings. The van der Waals surface area contributed by atoms with Gasteiger partial charge in [-0.05, 0) is 68.8 Å². The summed E-state index contributed by atoms with van der Waals surface area (Å²) in [4.78, 5) is 16.3. The molecule has 1 amide bonds. The van der Waals surface area contributed by atoms with Gasteiger partial charge in [-0.1, -0.05) is 12.1 Å². The molecule has 1 aromatic carbocycles. The molecule has 0 radical (unpaired) electrons. The number of likely N-dealkylation sites (tertiary alicyclic amines) is 1. The van der Waals surface area contributed by atoms with Crippen molar-refractivity contribution >= 4 is 11.6 Å². The Morgan fingerprint density at radius 2 is 1.86 bits per heavy atom. The number of carbonyl (C=O) groups is 1. The number of rotatable bonds is 4. The summed E-state index contributed by atoms with van der Waals surface area (Å²) in [5, 5.41) is 10.6. The van der Waals surface area contributed by atoms with E-state index in [4.69, 9.17) is 0 Å². The SMILES string of the molecule is O=C(C1CC1)N1CCCc2cc([C@@H](O)CN3CCC(C(F)(F)F)CC3)ccc21. The maximum atomic E-state index is 12.8. The number of alkyl halides is 3. The number of piperidine rings is 1. The number of benzene rings is 1. The predicted octanol–water partition coefficient (Wildman–Crippen LogP) is 3.68. The van der Waals surface area contributed by atoms with Crippen molar-refractivity contribution in [2.24, 2.45) is 11.8 Å². The number of aliphatic hydroxyl groups is 1. The van der Waals surface area contributed by atoms with Gasteiger partial charge in [-0.2, -0.15) is 13.2 Å². The molecule has 1 atom stereocenters. The Balaban J connectivity index is 1.39. The van der Waals surface area contributed by atoms with Gasteiger partial charge in [0.25, 0.3) is 0 Å². The molecule has 2 heterocycles. The molecule has 1 saturated carbocycles. The predicted molar refractivity (Wildman–Crippen MR) is 100 cm³/mol. The Hall–Kier alpha value is -1.60. The van der Waals surface area contributed by atoms with Crippen molar-refractivity contribution in [3.05, 3.63) is 29.3 Å². The van der Waals surface area contributed by atoms with Gasteiger partial charge in [0.15, 0.2) is 0 Å². The molecule has 1 saturated heterocycles. The van der Waals surface area contributed by atoms with Crippen LogP contribution < -0.4 is 4.90 Å². The summed E-state index contributed by atoms with van der Waals surface area (Å²) in [5.74, 6) is -0.836. The topological polar surface area (TPSA) is 43.8 Å². The molecule has 0 aromatic heterocycles. The minimum atomic E-state index is -4.12. The molecular formula is C21H27F3N2O2. The van der Waals surface area contributed by atoms with Crippen molar-refractivity contribution in [3.8, 4) is 0 Å². The molecule has 1 N–H and O–H groups in total. The summed E-state index contributed by atoms with van der Waals surface area (Å²) in [6, 6.07) is 5.74. The highest BCUT2D eigenvalue weighted by molar-refractivity contribution is 5.97. The zero-order chi connectivity index (χ0) is 19.9. The highest BCUT2D eigenvalue weighted by Crippen LogP contribution is 2.37. The number of aryl methyl sites for hydroxylation is 1. The van der Waals surface area contributed by atoms with Crippen LogP contribution in [0, 0.1) is 11.8 Å². The lowest BCUT2D eigenvalue weighted by atomic mass is 9.94. The van der Waals surface area contributed by atoms with Crippen LogP contribution in [0.2, 0.25) is 0 Å². The number of hydrogen-bond acceptors (Lipinski definition) is 3. The second-order valence-corrected chi connectivity index (χ2v) is 8.39. The van der Waals surface area contributed by atoms with Crippen LogP contribution in [0.5, 0.6) is 0 Å². The summed E-state index contributed by atoms with van der Waals surface area (Å²) >= 11 is 0. The van der Waals surface area contributed by atoms with Crippen molar-refractivity contribution < 1.29 is 23.1 Å². The van der Waals surface area contributed by atoms with E-state index < -0.39 is 18.2 Å². The zero-order valence-corrected chi connectivity index (χ0v) is 15.9. The number of halogens is 3. The number of aliphatic hydroxyl groups excluding tert-OH is 1. The second-order valence-electron chi connectivity index (χ2n) is 8.39. The number of hydrogen-bond donors (Lipinski definition) is 1. The molecule has 1 aliphatic carbocycles. The summed E-state index contributed by atoms with van der Waals surface area (Å²) in [5.41, 5.74) is 2.80. The van der Waals surface area contributed by atoms with Gasteiger partial charge in [-0.3, -0.25) is 4.79 Å². The fourth-order valence-electron chi connectivity index (χ4n) is 4.40. The number of nitrogens with zero attached hydrogens (tertiary/aromatic N) is 2. The van der Waals surface area contributed by atoms with Crippen LogP contribution in [-0.2, 0) is 11.2 Å². The average Bonchev–Trinajstić information content (AvgIpc) is 3.51. The largest absolute Gasteiger partial charge is 0.391 e. The van der Waals surface area contributed by atoms with Gasteiger partial charge in [-0.15, -0.1) is 0 Å². The van der Waals surface area contributed by atoms with Crippen LogP contribution >= 0.6 is 0 Å². The lowest BCUT2D eigenvalue weighted by Gasteiger charge is -2.34. The fraction of sp³-hybridized carbons (Fsp3) is 0.667. The molecule has 4 rings (SSSR count). The Morgan fingerprint density at radius 1 is 1.14 bits per heavy atom. The van der Waals surface area contributed by atoms with E-state index in [1.165, 1.54) is 0 Å². The molecule has 2 aliphatic heterocycles. The first kappa shape index (κ1) is 19.7. The monoisotopic (exact) mass is 396 g/mol. The first-order valence-electron chi connectivity index (χ1n) is 10.2. The number of β-amino-alcohol motifs (C(OH)–C–C–N with tert-alkyl or cyclic N) is 1. The van der Waals surface area contributed by atoms with Crippen LogP contribution in [0.1, 0.15) is 49.3 Å². The maximum Gasteiger partial charge on any atom is 0.391 e. The van der Waals surface area contributed by atoms with Crippen LogP contribution in [0.25, 0.3) is 0 Å². The first-order valence-corrected chi connectivity index (χ1v) is 10.2. The van der Waals surface area contributed by atoms with E-state index in [1.807, 2.05) is 28.0 Å². The van der Waals surface area contributed by atoms with Crippen molar-refractivity contribution in [2.45, 2.75) is 50.8 Å². The van der Waals surface area contributed by atoms with E-state index in [1.54, 1.807) is 0 Å². The van der Waals surface area contributed by atoms with Crippen LogP contribution in [-0.4, -0.2) is 48.3 Å². The molecule has 0 unspecified atom stereocenters. The third-order valence-corrected chi connectivity index (χ3v) is 6.28. The van der Waals surface area contributed by atoms with Gasteiger partial charge in [0.05, 0.1) is 12.0 Å². The lowest BCUT2D eigenvalue weighted by Crippen LogP contribution is -2.40. The van der Waals surface area contributed by atoms with E-state index in [0.717, 1.165) is 49.0 Å². The van der Waals surface area contributed by atoms with E-state index in [0.29, 0.717) is 19.6 Å². The zero-order valence-electron chi connectivity index (χ0n) is 15.9. The highest BCUT2D eigenvalue weighted by atomic mass is 19.4. The standard InChI is InChI=1S/C21H27F3N2O2/c22-21(23,24)17-7-10-25(11-8-17)13-19(27)16-5-6-18-15(12-16)2-1-9-26(18)20(28)14-3-4-14/h5-6,12,14,17,19,27H,1-4,7-11,13H2/t19-/m0/s1. The van der Waals surface area contributed by atoms with Gasteiger partial charge in [0.2, 0.25) is 5.91 Å². The number of anilines is 1. The Labute approximate surface area is 163 Å². The summed E-state index contributed by atoms with van der Waals surface area (Å²) in [7, 11) is 0. The number of carbonyl (C=O) groups excluding carboxylic acids is 1. The summed E-state index contributed by atoms with van der Waals surface area (Å²) in [6.45, 7) is 1.80. The van der Waals surface area contributed by atoms with Gasteiger partial charge in [0, 0.05) is 24.7 Å².